The van der Waals surface area contributed by atoms with E-state index in [1.54, 1.807) is 24.3 Å². The van der Waals surface area contributed by atoms with Gasteiger partial charge in [0.05, 0.1) is 11.6 Å². The van der Waals surface area contributed by atoms with Crippen LogP contribution in [0, 0.1) is 17.2 Å². The van der Waals surface area contributed by atoms with E-state index in [4.69, 9.17) is 10.00 Å². The van der Waals surface area contributed by atoms with E-state index in [0.717, 1.165) is 0 Å². The topological polar surface area (TPSA) is 65.3 Å². The van der Waals surface area contributed by atoms with Crippen LogP contribution >= 0.6 is 0 Å². The number of nitriles is 1. The molecule has 4 nitrogen and oxygen atoms in total. The third-order valence-electron chi connectivity index (χ3n) is 3.10. The van der Waals surface area contributed by atoms with Crippen molar-refractivity contribution in [2.75, 3.05) is 13.2 Å². The number of hydrogen-bond donors (Lipinski definition) is 2. The number of nitrogens with zero attached hydrogens (tertiary/aromatic N) is 1. The van der Waals surface area contributed by atoms with Crippen LogP contribution in [-0.4, -0.2) is 30.4 Å². The molecular weight excluding hydrogens is 240 g/mol. The summed E-state index contributed by atoms with van der Waals surface area (Å²) in [5.74, 6) is 1.20. The highest BCUT2D eigenvalue weighted by Gasteiger charge is 2.10. The molecule has 2 atom stereocenters. The normalized spacial score (nSPS) is 13.9. The number of benzene rings is 1. The zero-order valence-electron chi connectivity index (χ0n) is 11.8. The average molecular weight is 262 g/mol. The maximum absolute atomic E-state index is 9.80. The molecule has 1 aromatic carbocycles. The highest BCUT2D eigenvalue weighted by molar-refractivity contribution is 5.34. The fourth-order valence-corrected chi connectivity index (χ4v) is 1.43. The van der Waals surface area contributed by atoms with E-state index in [0.29, 0.717) is 29.8 Å². The van der Waals surface area contributed by atoms with E-state index in [2.05, 4.69) is 26.1 Å². The van der Waals surface area contributed by atoms with Crippen molar-refractivity contribution < 1.29 is 9.84 Å². The molecule has 0 heterocycles. The van der Waals surface area contributed by atoms with Crippen molar-refractivity contribution >= 4 is 0 Å². The van der Waals surface area contributed by atoms with Crippen LogP contribution in [0.25, 0.3) is 0 Å². The molecule has 0 aliphatic carbocycles. The fourth-order valence-electron chi connectivity index (χ4n) is 1.43. The number of nitrogens with one attached hydrogen (secondary N) is 1. The van der Waals surface area contributed by atoms with Gasteiger partial charge in [0, 0.05) is 12.6 Å². The molecule has 0 saturated carbocycles. The van der Waals surface area contributed by atoms with Crippen LogP contribution in [0.15, 0.2) is 24.3 Å². The predicted octanol–water partition coefficient (Wildman–Crippen LogP) is 1.93. The summed E-state index contributed by atoms with van der Waals surface area (Å²) in [5, 5.41) is 21.7. The molecule has 104 valence electrons. The smallest absolute Gasteiger partial charge is 0.119 e. The van der Waals surface area contributed by atoms with Crippen molar-refractivity contribution in [1.29, 1.82) is 5.26 Å². The molecule has 0 aliphatic heterocycles. The van der Waals surface area contributed by atoms with E-state index < -0.39 is 6.10 Å². The van der Waals surface area contributed by atoms with Gasteiger partial charge in [-0.3, -0.25) is 0 Å². The maximum Gasteiger partial charge on any atom is 0.119 e. The van der Waals surface area contributed by atoms with Gasteiger partial charge < -0.3 is 15.2 Å². The highest BCUT2D eigenvalue weighted by atomic mass is 16.5. The first-order valence-corrected chi connectivity index (χ1v) is 6.57. The molecule has 0 aliphatic rings. The molecule has 4 heteroatoms. The molecule has 0 saturated heterocycles. The summed E-state index contributed by atoms with van der Waals surface area (Å²) in [6.45, 7) is 7.12. The lowest BCUT2D eigenvalue weighted by Gasteiger charge is -2.20. The lowest BCUT2D eigenvalue weighted by molar-refractivity contribution is 0.102. The summed E-state index contributed by atoms with van der Waals surface area (Å²) in [6, 6.07) is 9.27. The second kappa shape index (κ2) is 7.78. The summed E-state index contributed by atoms with van der Waals surface area (Å²) < 4.78 is 5.46. The molecule has 0 spiro atoms. The maximum atomic E-state index is 9.80. The first kappa shape index (κ1) is 15.5. The van der Waals surface area contributed by atoms with Gasteiger partial charge in [0.1, 0.15) is 18.5 Å². The minimum Gasteiger partial charge on any atom is -0.491 e. The van der Waals surface area contributed by atoms with Crippen LogP contribution in [0.3, 0.4) is 0 Å². The van der Waals surface area contributed by atoms with Crippen LogP contribution in [0.1, 0.15) is 26.3 Å². The Kier molecular flexibility index (Phi) is 6.34. The second-order valence-corrected chi connectivity index (χ2v) is 5.04. The van der Waals surface area contributed by atoms with E-state index in [-0.39, 0.29) is 6.61 Å². The summed E-state index contributed by atoms with van der Waals surface area (Å²) in [4.78, 5) is 0. The van der Waals surface area contributed by atoms with Gasteiger partial charge in [0.2, 0.25) is 0 Å². The summed E-state index contributed by atoms with van der Waals surface area (Å²) in [6.07, 6.45) is -0.545. The molecule has 0 aromatic heterocycles. The SMILES string of the molecule is CC(C)[C@H](C)NC[C@@H](O)COc1ccc(C#N)cc1. The van der Waals surface area contributed by atoms with Crippen molar-refractivity contribution in [2.45, 2.75) is 32.9 Å². The average Bonchev–Trinajstić information content (AvgIpc) is 2.42. The Hall–Kier alpha value is -1.57. The van der Waals surface area contributed by atoms with E-state index in [9.17, 15) is 5.11 Å². The summed E-state index contributed by atoms with van der Waals surface area (Å²) in [5.41, 5.74) is 0.598. The third kappa shape index (κ3) is 5.73. The van der Waals surface area contributed by atoms with Crippen LogP contribution in [-0.2, 0) is 0 Å². The van der Waals surface area contributed by atoms with Crippen molar-refractivity contribution in [3.8, 4) is 11.8 Å². The molecule has 0 unspecified atom stereocenters. The number of rotatable bonds is 7. The quantitative estimate of drug-likeness (QED) is 0.788. The zero-order chi connectivity index (χ0) is 14.3. The van der Waals surface area contributed by atoms with Crippen molar-refractivity contribution in [3.63, 3.8) is 0 Å². The Labute approximate surface area is 115 Å². The van der Waals surface area contributed by atoms with Gasteiger partial charge in [0.15, 0.2) is 0 Å². The molecule has 0 radical (unpaired) electrons. The molecule has 1 aromatic rings. The Morgan fingerprint density at radius 1 is 1.26 bits per heavy atom. The van der Waals surface area contributed by atoms with E-state index in [1.165, 1.54) is 0 Å². The lowest BCUT2D eigenvalue weighted by Crippen LogP contribution is -2.38. The lowest BCUT2D eigenvalue weighted by atomic mass is 10.1. The fraction of sp³-hybridized carbons (Fsp3) is 0.533. The Morgan fingerprint density at radius 3 is 2.42 bits per heavy atom. The van der Waals surface area contributed by atoms with Gasteiger partial charge >= 0.3 is 0 Å². The standard InChI is InChI=1S/C15H22N2O2/c1-11(2)12(3)17-9-14(18)10-19-15-6-4-13(8-16)5-7-15/h4-7,11-12,14,17-18H,9-10H2,1-3H3/t12-,14+/m0/s1. The minimum absolute atomic E-state index is 0.240. The van der Waals surface area contributed by atoms with Crippen LogP contribution in [0.4, 0.5) is 0 Å². The van der Waals surface area contributed by atoms with Gasteiger partial charge in [-0.05, 0) is 37.1 Å². The summed E-state index contributed by atoms with van der Waals surface area (Å²) >= 11 is 0. The van der Waals surface area contributed by atoms with Gasteiger partial charge in [-0.2, -0.15) is 5.26 Å². The third-order valence-corrected chi connectivity index (χ3v) is 3.10. The molecule has 0 bridgehead atoms. The number of hydrogen-bond acceptors (Lipinski definition) is 4. The first-order chi connectivity index (χ1) is 9.02. The number of ether oxygens (including phenoxy) is 1. The van der Waals surface area contributed by atoms with Gasteiger partial charge in [0.25, 0.3) is 0 Å². The Bertz CT molecular complexity index is 409. The second-order valence-electron chi connectivity index (χ2n) is 5.04. The van der Waals surface area contributed by atoms with E-state index in [1.807, 2.05) is 6.07 Å². The van der Waals surface area contributed by atoms with Crippen molar-refractivity contribution in [3.05, 3.63) is 29.8 Å². The van der Waals surface area contributed by atoms with E-state index >= 15 is 0 Å². The highest BCUT2D eigenvalue weighted by Crippen LogP contribution is 2.11. The molecule has 2 N–H and O–H groups in total. The minimum atomic E-state index is -0.545. The Balaban J connectivity index is 2.29. The largest absolute Gasteiger partial charge is 0.491 e. The number of aliphatic hydroxyl groups is 1. The molecule has 0 amide bonds. The first-order valence-electron chi connectivity index (χ1n) is 6.57. The van der Waals surface area contributed by atoms with Gasteiger partial charge in [-0.15, -0.1) is 0 Å². The molecule has 0 fully saturated rings. The summed E-state index contributed by atoms with van der Waals surface area (Å²) in [7, 11) is 0. The number of aliphatic hydroxyl groups excluding tert-OH is 1. The monoisotopic (exact) mass is 262 g/mol. The molecule has 19 heavy (non-hydrogen) atoms. The van der Waals surface area contributed by atoms with Crippen molar-refractivity contribution in [2.24, 2.45) is 5.92 Å². The van der Waals surface area contributed by atoms with Gasteiger partial charge in [-0.1, -0.05) is 13.8 Å². The zero-order valence-corrected chi connectivity index (χ0v) is 11.8. The molecule has 1 rings (SSSR count). The van der Waals surface area contributed by atoms with Crippen molar-refractivity contribution in [1.82, 2.24) is 5.32 Å². The predicted molar refractivity (Wildman–Crippen MR) is 75.0 cm³/mol. The Morgan fingerprint density at radius 2 is 1.89 bits per heavy atom. The van der Waals surface area contributed by atoms with Crippen LogP contribution in [0.2, 0.25) is 0 Å². The van der Waals surface area contributed by atoms with Crippen LogP contribution in [0.5, 0.6) is 5.75 Å². The van der Waals surface area contributed by atoms with Gasteiger partial charge in [-0.25, -0.2) is 0 Å². The molecular formula is C15H22N2O2. The van der Waals surface area contributed by atoms with Crippen LogP contribution < -0.4 is 10.1 Å².